The second-order valence-electron chi connectivity index (χ2n) is 9.55. The van der Waals surface area contributed by atoms with Crippen molar-refractivity contribution in [1.82, 2.24) is 0 Å². The van der Waals surface area contributed by atoms with Crippen LogP contribution in [0.25, 0.3) is 11.1 Å². The Hall–Kier alpha value is -4.00. The molecular formula is C35H34O3. The van der Waals surface area contributed by atoms with Gasteiger partial charge in [-0.15, -0.1) is 6.42 Å². The van der Waals surface area contributed by atoms with Crippen LogP contribution in [0.4, 0.5) is 0 Å². The van der Waals surface area contributed by atoms with Crippen LogP contribution in [-0.2, 0) is 10.2 Å². The van der Waals surface area contributed by atoms with E-state index < -0.39 is 5.41 Å². The van der Waals surface area contributed by atoms with E-state index in [-0.39, 0.29) is 0 Å². The third kappa shape index (κ3) is 4.93. The SMILES string of the molecule is C#CCOCCCOc1ccc(C2(c3ccc(OCCCC)cc3)c3ccccc3-c3ccccc32)cc1. The van der Waals surface area contributed by atoms with E-state index in [2.05, 4.69) is 110 Å². The van der Waals surface area contributed by atoms with Gasteiger partial charge in [0.25, 0.3) is 0 Å². The molecule has 0 N–H and O–H groups in total. The minimum absolute atomic E-state index is 0.339. The Kier molecular flexibility index (Phi) is 8.12. The van der Waals surface area contributed by atoms with E-state index in [1.807, 2.05) is 0 Å². The molecule has 38 heavy (non-hydrogen) atoms. The number of terminal acetylenes is 1. The highest BCUT2D eigenvalue weighted by Gasteiger charge is 2.45. The summed E-state index contributed by atoms with van der Waals surface area (Å²) in [4.78, 5) is 0. The van der Waals surface area contributed by atoms with Crippen molar-refractivity contribution in [2.75, 3.05) is 26.4 Å². The van der Waals surface area contributed by atoms with Crippen LogP contribution in [0.1, 0.15) is 48.4 Å². The zero-order valence-corrected chi connectivity index (χ0v) is 22.0. The highest BCUT2D eigenvalue weighted by atomic mass is 16.5. The molecule has 192 valence electrons. The Balaban J connectivity index is 1.52. The van der Waals surface area contributed by atoms with E-state index >= 15 is 0 Å². The monoisotopic (exact) mass is 502 g/mol. The lowest BCUT2D eigenvalue weighted by atomic mass is 9.68. The van der Waals surface area contributed by atoms with E-state index in [1.165, 1.54) is 33.4 Å². The quantitative estimate of drug-likeness (QED) is 0.130. The summed E-state index contributed by atoms with van der Waals surface area (Å²) in [5, 5.41) is 0. The minimum Gasteiger partial charge on any atom is -0.494 e. The molecule has 1 aliphatic carbocycles. The van der Waals surface area contributed by atoms with Gasteiger partial charge in [0, 0.05) is 6.42 Å². The molecule has 3 heteroatoms. The van der Waals surface area contributed by atoms with E-state index in [0.29, 0.717) is 19.8 Å². The van der Waals surface area contributed by atoms with Crippen molar-refractivity contribution in [2.45, 2.75) is 31.6 Å². The summed E-state index contributed by atoms with van der Waals surface area (Å²) in [7, 11) is 0. The maximum atomic E-state index is 6.00. The summed E-state index contributed by atoms with van der Waals surface area (Å²) in [6.07, 6.45) is 8.20. The molecule has 0 atom stereocenters. The van der Waals surface area contributed by atoms with Crippen LogP contribution >= 0.6 is 0 Å². The molecule has 4 aromatic rings. The van der Waals surface area contributed by atoms with E-state index in [0.717, 1.165) is 37.4 Å². The van der Waals surface area contributed by atoms with Crippen molar-refractivity contribution in [1.29, 1.82) is 0 Å². The second kappa shape index (κ2) is 12.0. The average molecular weight is 503 g/mol. The van der Waals surface area contributed by atoms with Crippen molar-refractivity contribution >= 4 is 0 Å². The van der Waals surface area contributed by atoms with Crippen molar-refractivity contribution in [3.8, 4) is 35.0 Å². The lowest BCUT2D eigenvalue weighted by Crippen LogP contribution is -2.28. The minimum atomic E-state index is -0.434. The van der Waals surface area contributed by atoms with Crippen LogP contribution in [0.3, 0.4) is 0 Å². The van der Waals surface area contributed by atoms with Crippen molar-refractivity contribution in [3.05, 3.63) is 119 Å². The van der Waals surface area contributed by atoms with Crippen LogP contribution in [0.15, 0.2) is 97.1 Å². The number of hydrogen-bond acceptors (Lipinski definition) is 3. The molecule has 0 aliphatic heterocycles. The fraction of sp³-hybridized carbons (Fsp3) is 0.257. The Bertz CT molecular complexity index is 1330. The van der Waals surface area contributed by atoms with E-state index in [4.69, 9.17) is 20.6 Å². The molecule has 0 saturated heterocycles. The zero-order chi connectivity index (χ0) is 26.2. The number of unbranched alkanes of at least 4 members (excludes halogenated alkanes) is 1. The molecule has 0 bridgehead atoms. The summed E-state index contributed by atoms with van der Waals surface area (Å²) in [5.74, 6) is 4.24. The Labute approximate surface area is 226 Å². The molecule has 4 aromatic carbocycles. The van der Waals surface area contributed by atoms with Crippen LogP contribution in [0.5, 0.6) is 11.5 Å². The molecule has 0 radical (unpaired) electrons. The third-order valence-electron chi connectivity index (χ3n) is 7.18. The second-order valence-corrected chi connectivity index (χ2v) is 9.55. The van der Waals surface area contributed by atoms with Crippen molar-refractivity contribution in [3.63, 3.8) is 0 Å². The molecule has 0 aromatic heterocycles. The first kappa shape index (κ1) is 25.6. The standard InChI is InChI=1S/C35H34O3/c1-3-5-25-37-29-19-15-27(16-20-29)35(28-17-21-30(22-18-28)38-26-10-24-36-23-4-2)33-13-8-6-11-31(33)32-12-7-9-14-34(32)35/h2,6-9,11-22H,3,5,10,23-26H2,1H3. The lowest BCUT2D eigenvalue weighted by molar-refractivity contribution is 0.147. The summed E-state index contributed by atoms with van der Waals surface area (Å²) >= 11 is 0. The molecule has 0 saturated carbocycles. The van der Waals surface area contributed by atoms with Gasteiger partial charge in [-0.25, -0.2) is 0 Å². The Morgan fingerprint density at radius 3 is 1.63 bits per heavy atom. The van der Waals surface area contributed by atoms with Gasteiger partial charge in [0.05, 0.1) is 25.2 Å². The molecule has 0 fully saturated rings. The van der Waals surface area contributed by atoms with Crippen LogP contribution in [-0.4, -0.2) is 26.4 Å². The Morgan fingerprint density at radius 1 is 0.632 bits per heavy atom. The third-order valence-corrected chi connectivity index (χ3v) is 7.18. The molecular weight excluding hydrogens is 468 g/mol. The number of ether oxygens (including phenoxy) is 3. The Morgan fingerprint density at radius 2 is 1.13 bits per heavy atom. The molecule has 5 rings (SSSR count). The highest BCUT2D eigenvalue weighted by molar-refractivity contribution is 5.86. The maximum absolute atomic E-state index is 6.00. The van der Waals surface area contributed by atoms with Gasteiger partial charge >= 0.3 is 0 Å². The van der Waals surface area contributed by atoms with Crippen LogP contribution < -0.4 is 9.47 Å². The highest BCUT2D eigenvalue weighted by Crippen LogP contribution is 2.56. The van der Waals surface area contributed by atoms with Gasteiger partial charge in [0.15, 0.2) is 0 Å². The van der Waals surface area contributed by atoms with Gasteiger partial charge in [-0.2, -0.15) is 0 Å². The van der Waals surface area contributed by atoms with Crippen LogP contribution in [0.2, 0.25) is 0 Å². The number of hydrogen-bond donors (Lipinski definition) is 0. The first-order valence-corrected chi connectivity index (χ1v) is 13.5. The first-order valence-electron chi connectivity index (χ1n) is 13.5. The molecule has 0 spiro atoms. The fourth-order valence-corrected chi connectivity index (χ4v) is 5.44. The molecule has 1 aliphatic rings. The zero-order valence-electron chi connectivity index (χ0n) is 22.0. The lowest BCUT2D eigenvalue weighted by Gasteiger charge is -2.34. The van der Waals surface area contributed by atoms with Gasteiger partial charge in [0.2, 0.25) is 0 Å². The molecule has 0 unspecified atom stereocenters. The first-order chi connectivity index (χ1) is 18.8. The predicted molar refractivity (Wildman–Crippen MR) is 154 cm³/mol. The van der Waals surface area contributed by atoms with Gasteiger partial charge in [-0.3, -0.25) is 0 Å². The fourth-order valence-electron chi connectivity index (χ4n) is 5.44. The molecule has 0 amide bonds. The molecule has 0 heterocycles. The van der Waals surface area contributed by atoms with Crippen molar-refractivity contribution < 1.29 is 14.2 Å². The smallest absolute Gasteiger partial charge is 0.119 e. The van der Waals surface area contributed by atoms with Gasteiger partial charge in [0.1, 0.15) is 18.1 Å². The summed E-state index contributed by atoms with van der Waals surface area (Å²) in [6.45, 7) is 4.43. The summed E-state index contributed by atoms with van der Waals surface area (Å²) in [5.41, 5.74) is 7.13. The number of benzene rings is 4. The number of rotatable bonds is 12. The van der Waals surface area contributed by atoms with Crippen LogP contribution in [0, 0.1) is 12.3 Å². The van der Waals surface area contributed by atoms with E-state index in [9.17, 15) is 0 Å². The largest absolute Gasteiger partial charge is 0.494 e. The number of fused-ring (bicyclic) bond motifs is 3. The topological polar surface area (TPSA) is 27.7 Å². The summed E-state index contributed by atoms with van der Waals surface area (Å²) in [6, 6.07) is 34.7. The normalized spacial score (nSPS) is 12.8. The van der Waals surface area contributed by atoms with Crippen molar-refractivity contribution in [2.24, 2.45) is 0 Å². The summed E-state index contributed by atoms with van der Waals surface area (Å²) < 4.78 is 17.3. The average Bonchev–Trinajstić information content (AvgIpc) is 3.27. The van der Waals surface area contributed by atoms with Gasteiger partial charge < -0.3 is 14.2 Å². The van der Waals surface area contributed by atoms with Gasteiger partial charge in [-0.05, 0) is 64.1 Å². The maximum Gasteiger partial charge on any atom is 0.119 e. The predicted octanol–water partition coefficient (Wildman–Crippen LogP) is 7.65. The van der Waals surface area contributed by atoms with E-state index in [1.54, 1.807) is 0 Å². The van der Waals surface area contributed by atoms with Gasteiger partial charge in [-0.1, -0.05) is 92.1 Å². The molecule has 3 nitrogen and oxygen atoms in total.